The Bertz CT molecular complexity index is 1970. The average Bonchev–Trinajstić information content (AvgIpc) is 3.26. The van der Waals surface area contributed by atoms with E-state index in [4.69, 9.17) is 0 Å². The molecule has 0 unspecified atom stereocenters. The molecule has 0 saturated heterocycles. The standard InChI is InChI=1S/C41H31NO/c43-41(33-15-3-1-4-16-33,34-17-5-2-6-18-34)37-21-11-12-22-38(37)42-27-31-25-23-29-13-7-9-19-35(29)39(31)40-32(28-42)26-24-30-14-8-10-20-36(30)40/h1-26,43H,27-28H2. The van der Waals surface area contributed by atoms with Crippen LogP contribution in [0.15, 0.2) is 158 Å². The summed E-state index contributed by atoms with van der Waals surface area (Å²) < 4.78 is 0. The largest absolute Gasteiger partial charge is 0.376 e. The Hall–Kier alpha value is -5.18. The predicted molar refractivity (Wildman–Crippen MR) is 178 cm³/mol. The molecule has 0 bridgehead atoms. The topological polar surface area (TPSA) is 23.5 Å². The average molecular weight is 554 g/mol. The lowest BCUT2D eigenvalue weighted by Gasteiger charge is -2.35. The van der Waals surface area contributed by atoms with Gasteiger partial charge in [0.15, 0.2) is 0 Å². The van der Waals surface area contributed by atoms with Crippen LogP contribution in [0.3, 0.4) is 0 Å². The second kappa shape index (κ2) is 10.3. The van der Waals surface area contributed by atoms with Crippen molar-refractivity contribution < 1.29 is 5.11 Å². The fourth-order valence-corrected chi connectivity index (χ4v) is 7.02. The van der Waals surface area contributed by atoms with E-state index < -0.39 is 5.60 Å². The number of anilines is 1. The first kappa shape index (κ1) is 25.5. The number of hydrogen-bond acceptors (Lipinski definition) is 2. The summed E-state index contributed by atoms with van der Waals surface area (Å²) in [5, 5.41) is 17.9. The van der Waals surface area contributed by atoms with Gasteiger partial charge in [0, 0.05) is 24.3 Å². The van der Waals surface area contributed by atoms with Crippen LogP contribution in [0.25, 0.3) is 32.7 Å². The Balaban J connectivity index is 1.39. The van der Waals surface area contributed by atoms with Crippen molar-refractivity contribution in [1.29, 1.82) is 0 Å². The van der Waals surface area contributed by atoms with Crippen molar-refractivity contribution >= 4 is 27.2 Å². The number of benzene rings is 7. The molecule has 1 aliphatic rings. The summed E-state index contributed by atoms with van der Waals surface area (Å²) in [6, 6.07) is 55.0. The molecule has 0 fully saturated rings. The van der Waals surface area contributed by atoms with Crippen LogP contribution >= 0.6 is 0 Å². The number of nitrogens with zero attached hydrogens (tertiary/aromatic N) is 1. The third-order valence-corrected chi connectivity index (χ3v) is 9.02. The lowest BCUT2D eigenvalue weighted by atomic mass is 9.79. The van der Waals surface area contributed by atoms with Gasteiger partial charge >= 0.3 is 0 Å². The Morgan fingerprint density at radius 3 is 1.42 bits per heavy atom. The van der Waals surface area contributed by atoms with Gasteiger partial charge in [-0.25, -0.2) is 0 Å². The van der Waals surface area contributed by atoms with Gasteiger partial charge in [0.25, 0.3) is 0 Å². The van der Waals surface area contributed by atoms with Gasteiger partial charge in [0.05, 0.1) is 0 Å². The molecule has 0 saturated carbocycles. The van der Waals surface area contributed by atoms with Crippen LogP contribution < -0.4 is 4.90 Å². The van der Waals surface area contributed by atoms with E-state index in [1.165, 1.54) is 43.8 Å². The van der Waals surface area contributed by atoms with Crippen LogP contribution in [-0.4, -0.2) is 5.11 Å². The molecule has 7 aromatic carbocycles. The Morgan fingerprint density at radius 1 is 0.442 bits per heavy atom. The lowest BCUT2D eigenvalue weighted by Crippen LogP contribution is -2.32. The van der Waals surface area contributed by atoms with Crippen LogP contribution in [0.5, 0.6) is 0 Å². The van der Waals surface area contributed by atoms with Gasteiger partial charge in [0.2, 0.25) is 0 Å². The summed E-state index contributed by atoms with van der Waals surface area (Å²) in [6.45, 7) is 1.44. The van der Waals surface area contributed by atoms with Crippen LogP contribution in [0.4, 0.5) is 5.69 Å². The molecule has 8 rings (SSSR count). The van der Waals surface area contributed by atoms with Crippen molar-refractivity contribution in [2.75, 3.05) is 4.90 Å². The minimum Gasteiger partial charge on any atom is -0.376 e. The SMILES string of the molecule is OC(c1ccccc1)(c1ccccc1)c1ccccc1N1Cc2ccc3ccccc3c2-c2c(ccc3ccccc23)C1. The molecule has 0 atom stereocenters. The highest BCUT2D eigenvalue weighted by Gasteiger charge is 2.37. The van der Waals surface area contributed by atoms with Crippen LogP contribution in [0.2, 0.25) is 0 Å². The molecule has 1 N–H and O–H groups in total. The molecule has 0 amide bonds. The van der Waals surface area contributed by atoms with Crippen LogP contribution in [0.1, 0.15) is 27.8 Å². The highest BCUT2D eigenvalue weighted by Crippen LogP contribution is 2.46. The molecular formula is C41H31NO. The number of para-hydroxylation sites is 1. The maximum Gasteiger partial charge on any atom is 0.142 e. The van der Waals surface area contributed by atoms with E-state index in [9.17, 15) is 5.11 Å². The summed E-state index contributed by atoms with van der Waals surface area (Å²) in [5.74, 6) is 0. The molecular weight excluding hydrogens is 522 g/mol. The van der Waals surface area contributed by atoms with Crippen molar-refractivity contribution in [3.63, 3.8) is 0 Å². The molecule has 7 aromatic rings. The normalized spacial score (nSPS) is 13.0. The Labute approximate surface area is 252 Å². The molecule has 1 heterocycles. The van der Waals surface area contributed by atoms with E-state index in [2.05, 4.69) is 95.9 Å². The fourth-order valence-electron chi connectivity index (χ4n) is 7.02. The molecule has 43 heavy (non-hydrogen) atoms. The Morgan fingerprint density at radius 2 is 0.884 bits per heavy atom. The van der Waals surface area contributed by atoms with Crippen molar-refractivity contribution in [3.05, 3.63) is 186 Å². The van der Waals surface area contributed by atoms with Gasteiger partial charge < -0.3 is 10.0 Å². The van der Waals surface area contributed by atoms with Crippen molar-refractivity contribution in [2.24, 2.45) is 0 Å². The second-order valence-corrected chi connectivity index (χ2v) is 11.5. The first-order valence-electron chi connectivity index (χ1n) is 14.9. The van der Waals surface area contributed by atoms with Gasteiger partial charge in [-0.1, -0.05) is 152 Å². The van der Waals surface area contributed by atoms with E-state index in [0.29, 0.717) is 0 Å². The zero-order valence-electron chi connectivity index (χ0n) is 23.8. The number of fused-ring (bicyclic) bond motifs is 7. The molecule has 2 heteroatoms. The minimum atomic E-state index is -1.33. The molecule has 206 valence electrons. The summed E-state index contributed by atoms with van der Waals surface area (Å²) in [5.41, 5.74) is 7.46. The Kier molecular flexibility index (Phi) is 6.10. The summed E-state index contributed by atoms with van der Waals surface area (Å²) in [7, 11) is 0. The van der Waals surface area contributed by atoms with Gasteiger partial charge in [-0.2, -0.15) is 0 Å². The highest BCUT2D eigenvalue weighted by atomic mass is 16.3. The molecule has 1 aliphatic heterocycles. The van der Waals surface area contributed by atoms with Gasteiger partial charge in [0.1, 0.15) is 5.60 Å². The van der Waals surface area contributed by atoms with Gasteiger partial charge in [-0.05, 0) is 61.0 Å². The summed E-state index contributed by atoms with van der Waals surface area (Å²) in [4.78, 5) is 2.44. The minimum absolute atomic E-state index is 0.722. The second-order valence-electron chi connectivity index (χ2n) is 11.5. The third-order valence-electron chi connectivity index (χ3n) is 9.02. The zero-order chi connectivity index (χ0) is 28.8. The summed E-state index contributed by atoms with van der Waals surface area (Å²) >= 11 is 0. The first-order valence-corrected chi connectivity index (χ1v) is 14.9. The first-order chi connectivity index (χ1) is 21.2. The molecule has 0 spiro atoms. The predicted octanol–water partition coefficient (Wildman–Crippen LogP) is 9.46. The van der Waals surface area contributed by atoms with Crippen molar-refractivity contribution in [2.45, 2.75) is 18.7 Å². The van der Waals surface area contributed by atoms with Crippen molar-refractivity contribution in [3.8, 4) is 11.1 Å². The quantitative estimate of drug-likeness (QED) is 0.219. The summed E-state index contributed by atoms with van der Waals surface area (Å²) in [6.07, 6.45) is 0. The van der Waals surface area contributed by atoms with Crippen LogP contribution in [-0.2, 0) is 18.7 Å². The van der Waals surface area contributed by atoms with E-state index >= 15 is 0 Å². The fraction of sp³-hybridized carbons (Fsp3) is 0.0732. The van der Waals surface area contributed by atoms with Gasteiger partial charge in [-0.15, -0.1) is 0 Å². The van der Waals surface area contributed by atoms with Gasteiger partial charge in [-0.3, -0.25) is 0 Å². The van der Waals surface area contributed by atoms with Crippen molar-refractivity contribution in [1.82, 2.24) is 0 Å². The molecule has 2 nitrogen and oxygen atoms in total. The van der Waals surface area contributed by atoms with Crippen LogP contribution in [0, 0.1) is 0 Å². The molecule has 0 aromatic heterocycles. The molecule has 0 radical (unpaired) electrons. The monoisotopic (exact) mass is 553 g/mol. The van der Waals surface area contributed by atoms with E-state index in [1.54, 1.807) is 0 Å². The zero-order valence-corrected chi connectivity index (χ0v) is 23.8. The highest BCUT2D eigenvalue weighted by molar-refractivity contribution is 6.08. The lowest BCUT2D eigenvalue weighted by molar-refractivity contribution is 0.126. The van der Waals surface area contributed by atoms with E-state index in [0.717, 1.165) is 35.5 Å². The molecule has 0 aliphatic carbocycles. The number of aliphatic hydroxyl groups is 1. The van der Waals surface area contributed by atoms with E-state index in [-0.39, 0.29) is 0 Å². The van der Waals surface area contributed by atoms with E-state index in [1.807, 2.05) is 66.7 Å². The maximum absolute atomic E-state index is 12.9. The number of rotatable bonds is 4. The smallest absolute Gasteiger partial charge is 0.142 e. The number of hydrogen-bond donors (Lipinski definition) is 1. The maximum atomic E-state index is 12.9. The third kappa shape index (κ3) is 4.14.